The Labute approximate surface area is 71.2 Å². The molecule has 0 amide bonds. The summed E-state index contributed by atoms with van der Waals surface area (Å²) in [6.07, 6.45) is 1.98. The molecule has 0 rings (SSSR count). The van der Waals surface area contributed by atoms with Crippen LogP contribution in [0.25, 0.3) is 0 Å². The average molecular weight is 294 g/mol. The zero-order valence-electron chi connectivity index (χ0n) is 5.42. The molecule has 4 heteroatoms. The summed E-state index contributed by atoms with van der Waals surface area (Å²) in [5.74, 6) is 0. The monoisotopic (exact) mass is 294 g/mol. The topological polar surface area (TPSA) is 0 Å². The molecule has 0 saturated carbocycles. The molecule has 0 N–H and O–H groups in total. The van der Waals surface area contributed by atoms with Crippen LogP contribution >= 0.6 is 26.8 Å². The Balaban J connectivity index is 3.75. The van der Waals surface area contributed by atoms with Crippen LogP contribution in [0.4, 0.5) is 0 Å². The van der Waals surface area contributed by atoms with E-state index in [1.807, 2.05) is 19.9 Å². The first-order chi connectivity index (χ1) is 3.95. The van der Waals surface area contributed by atoms with E-state index in [1.54, 1.807) is 0 Å². The zero-order chi connectivity index (χ0) is 7.49. The van der Waals surface area contributed by atoms with E-state index in [1.165, 1.54) is 5.57 Å². The first-order valence-electron chi connectivity index (χ1n) is 2.64. The van der Waals surface area contributed by atoms with Gasteiger partial charge in [-0.25, -0.2) is 0 Å². The molecule has 54 valence electrons. The summed E-state index contributed by atoms with van der Waals surface area (Å²) in [5.41, 5.74) is 1.19. The SMILES string of the molecule is C/C=C(/C)[CH2][Sn]([Cl])([Cl])[Cl]. The summed E-state index contributed by atoms with van der Waals surface area (Å²) in [6, 6.07) is 0. The van der Waals surface area contributed by atoms with E-state index in [9.17, 15) is 0 Å². The molecular weight excluding hydrogens is 285 g/mol. The minimum absolute atomic E-state index is 0.718. The van der Waals surface area contributed by atoms with Gasteiger partial charge in [-0.15, -0.1) is 0 Å². The van der Waals surface area contributed by atoms with E-state index in [0.29, 0.717) is 0 Å². The van der Waals surface area contributed by atoms with Gasteiger partial charge in [0.2, 0.25) is 0 Å². The Morgan fingerprint density at radius 2 is 1.89 bits per heavy atom. The Morgan fingerprint density at radius 1 is 1.44 bits per heavy atom. The second-order valence-electron chi connectivity index (χ2n) is 1.93. The van der Waals surface area contributed by atoms with E-state index in [-0.39, 0.29) is 0 Å². The zero-order valence-corrected chi connectivity index (χ0v) is 10.5. The molecule has 0 aromatic carbocycles. The average Bonchev–Trinajstić information content (AvgIpc) is 1.62. The third kappa shape index (κ3) is 7.30. The molecule has 0 aliphatic heterocycles. The van der Waals surface area contributed by atoms with Gasteiger partial charge in [-0.2, -0.15) is 0 Å². The number of allylic oxidation sites excluding steroid dienone is 2. The van der Waals surface area contributed by atoms with E-state index in [2.05, 4.69) is 0 Å². The number of rotatable bonds is 2. The quantitative estimate of drug-likeness (QED) is 0.539. The van der Waals surface area contributed by atoms with Gasteiger partial charge in [-0.1, -0.05) is 0 Å². The number of hydrogen-bond donors (Lipinski definition) is 0. The molecule has 9 heavy (non-hydrogen) atoms. The molecule has 0 heterocycles. The maximum atomic E-state index is 5.71. The summed E-state index contributed by atoms with van der Waals surface area (Å²) in [7, 11) is 17.1. The van der Waals surface area contributed by atoms with Crippen LogP contribution in [-0.2, 0) is 0 Å². The van der Waals surface area contributed by atoms with Crippen molar-refractivity contribution < 1.29 is 0 Å². The van der Waals surface area contributed by atoms with Gasteiger partial charge in [-0.05, 0) is 0 Å². The minimum atomic E-state index is -3.04. The first kappa shape index (κ1) is 10.4. The van der Waals surface area contributed by atoms with Gasteiger partial charge < -0.3 is 0 Å². The van der Waals surface area contributed by atoms with Crippen LogP contribution in [0.3, 0.4) is 0 Å². The molecular formula is C5H9Cl3Sn. The standard InChI is InChI=1S/C5H9.3ClH.Sn/c1-4-5(2)3;;;;/h4H,2H2,1,3H3;3*1H;/q;;;;+3/p-3/b5-4+;;;;. The molecule has 0 aromatic rings. The fraction of sp³-hybridized carbons (Fsp3) is 0.600. The molecule has 0 spiro atoms. The predicted molar refractivity (Wildman–Crippen MR) is 47.6 cm³/mol. The van der Waals surface area contributed by atoms with Crippen LogP contribution in [0.15, 0.2) is 11.6 Å². The molecule has 0 atom stereocenters. The fourth-order valence-corrected chi connectivity index (χ4v) is 7.05. The van der Waals surface area contributed by atoms with Crippen LogP contribution in [0, 0.1) is 0 Å². The van der Waals surface area contributed by atoms with Crippen LogP contribution in [0.5, 0.6) is 0 Å². The van der Waals surface area contributed by atoms with Crippen LogP contribution in [-0.4, -0.2) is 15.0 Å². The van der Waals surface area contributed by atoms with Crippen molar-refractivity contribution in [1.82, 2.24) is 0 Å². The molecule has 0 aliphatic carbocycles. The normalized spacial score (nSPS) is 14.1. The molecule has 0 nitrogen and oxygen atoms in total. The van der Waals surface area contributed by atoms with Crippen molar-refractivity contribution in [2.45, 2.75) is 18.3 Å². The molecule has 0 radical (unpaired) electrons. The second kappa shape index (κ2) is 4.32. The molecule has 0 bridgehead atoms. The Morgan fingerprint density at radius 3 is 2.00 bits per heavy atom. The van der Waals surface area contributed by atoms with E-state index in [4.69, 9.17) is 26.8 Å². The summed E-state index contributed by atoms with van der Waals surface area (Å²) in [4.78, 5) is 0. The maximum absolute atomic E-state index is 5.71. The summed E-state index contributed by atoms with van der Waals surface area (Å²) in [6.45, 7) is 3.94. The van der Waals surface area contributed by atoms with Gasteiger partial charge in [0.15, 0.2) is 0 Å². The Kier molecular flexibility index (Phi) is 5.00. The van der Waals surface area contributed by atoms with E-state index in [0.717, 1.165) is 4.44 Å². The van der Waals surface area contributed by atoms with Crippen molar-refractivity contribution in [3.8, 4) is 0 Å². The van der Waals surface area contributed by atoms with Crippen molar-refractivity contribution in [2.24, 2.45) is 0 Å². The van der Waals surface area contributed by atoms with Gasteiger partial charge in [0.05, 0.1) is 0 Å². The molecule has 0 unspecified atom stereocenters. The Bertz CT molecular complexity index is 114. The Hall–Kier alpha value is 1.41. The van der Waals surface area contributed by atoms with Crippen molar-refractivity contribution in [2.75, 3.05) is 0 Å². The van der Waals surface area contributed by atoms with Gasteiger partial charge >= 0.3 is 71.7 Å². The van der Waals surface area contributed by atoms with E-state index >= 15 is 0 Å². The van der Waals surface area contributed by atoms with Crippen molar-refractivity contribution >= 4 is 41.8 Å². The summed E-state index contributed by atoms with van der Waals surface area (Å²) < 4.78 is 0.718. The van der Waals surface area contributed by atoms with Crippen LogP contribution in [0.2, 0.25) is 4.44 Å². The van der Waals surface area contributed by atoms with E-state index < -0.39 is 15.0 Å². The molecule has 0 aromatic heterocycles. The second-order valence-corrected chi connectivity index (χ2v) is 23.3. The number of hydrogen-bond acceptors (Lipinski definition) is 0. The molecule has 0 aliphatic rings. The first-order valence-corrected chi connectivity index (χ1v) is 15.5. The van der Waals surface area contributed by atoms with Gasteiger partial charge in [0.1, 0.15) is 0 Å². The van der Waals surface area contributed by atoms with Gasteiger partial charge in [0.25, 0.3) is 0 Å². The van der Waals surface area contributed by atoms with Gasteiger partial charge in [0, 0.05) is 0 Å². The fourth-order valence-electron chi connectivity index (χ4n) is 0.418. The third-order valence-electron chi connectivity index (χ3n) is 0.972. The third-order valence-corrected chi connectivity index (χ3v) is 6.40. The molecule has 0 saturated heterocycles. The van der Waals surface area contributed by atoms with Crippen LogP contribution < -0.4 is 0 Å². The molecule has 0 fully saturated rings. The van der Waals surface area contributed by atoms with Crippen LogP contribution in [0.1, 0.15) is 13.8 Å². The predicted octanol–water partition coefficient (Wildman–Crippen LogP) is 3.61. The van der Waals surface area contributed by atoms with Gasteiger partial charge in [-0.3, -0.25) is 0 Å². The van der Waals surface area contributed by atoms with Crippen molar-refractivity contribution in [3.63, 3.8) is 0 Å². The summed E-state index contributed by atoms with van der Waals surface area (Å²) in [5, 5.41) is 0. The number of halogens is 3. The van der Waals surface area contributed by atoms with Crippen molar-refractivity contribution in [1.29, 1.82) is 0 Å². The van der Waals surface area contributed by atoms with Crippen molar-refractivity contribution in [3.05, 3.63) is 11.6 Å². The summed E-state index contributed by atoms with van der Waals surface area (Å²) >= 11 is -3.04.